The molecule has 0 aliphatic carbocycles. The Hall–Kier alpha value is -4.52. The number of rotatable bonds is 5. The molecule has 0 aliphatic rings. The molecule has 0 saturated carbocycles. The molecule has 7 heteroatoms. The number of pyridine rings is 2. The predicted octanol–water partition coefficient (Wildman–Crippen LogP) is 5.66. The van der Waals surface area contributed by atoms with Crippen LogP contribution in [0.5, 0.6) is 0 Å². The van der Waals surface area contributed by atoms with E-state index < -0.39 is 0 Å². The molecular weight excluding hydrogens is 415 g/mol. The summed E-state index contributed by atoms with van der Waals surface area (Å²) in [5.74, 6) is -0.290. The zero-order valence-electron chi connectivity index (χ0n) is 17.9. The number of aryl methyl sites for hydroxylation is 1. The first kappa shape index (κ1) is 20.4. The van der Waals surface area contributed by atoms with E-state index in [0.717, 1.165) is 50.4 Å². The van der Waals surface area contributed by atoms with Crippen LogP contribution in [0.15, 0.2) is 79.7 Å². The van der Waals surface area contributed by atoms with Gasteiger partial charge in [0.1, 0.15) is 17.0 Å². The van der Waals surface area contributed by atoms with E-state index in [9.17, 15) is 4.39 Å². The van der Waals surface area contributed by atoms with E-state index >= 15 is 0 Å². The molecule has 0 aliphatic heterocycles. The van der Waals surface area contributed by atoms with E-state index in [1.165, 1.54) is 12.1 Å². The van der Waals surface area contributed by atoms with Crippen LogP contribution in [-0.2, 0) is 0 Å². The number of benzene rings is 1. The predicted molar refractivity (Wildman–Crippen MR) is 130 cm³/mol. The number of anilines is 1. The molecule has 0 unspecified atom stereocenters. The van der Waals surface area contributed by atoms with Crippen molar-refractivity contribution in [2.45, 2.75) is 6.92 Å². The van der Waals surface area contributed by atoms with Gasteiger partial charge in [-0.1, -0.05) is 30.9 Å². The molecule has 33 heavy (non-hydrogen) atoms. The summed E-state index contributed by atoms with van der Waals surface area (Å²) < 4.78 is 13.9. The van der Waals surface area contributed by atoms with Crippen molar-refractivity contribution in [3.05, 3.63) is 102 Å². The molecule has 4 aromatic heterocycles. The standard InChI is InChI=1S/C26H21FN6/c1-3-5-20(16-6-4-7-18(27)10-16)21-12-24(30-15(21)2)26-25-23(32-33-26)9-8-22(31-25)17-11-19(28)14-29-13-17/h3-14,30H,1,28H2,2H3,(H,32,33)/b20-5-. The number of allylic oxidation sites excluding steroid dienone is 2. The zero-order chi connectivity index (χ0) is 22.9. The van der Waals surface area contributed by atoms with Gasteiger partial charge in [-0.15, -0.1) is 0 Å². The number of nitrogen functional groups attached to an aromatic ring is 1. The minimum Gasteiger partial charge on any atom is -0.397 e. The van der Waals surface area contributed by atoms with Crippen molar-refractivity contribution in [1.29, 1.82) is 0 Å². The van der Waals surface area contributed by atoms with Gasteiger partial charge in [-0.2, -0.15) is 5.10 Å². The number of hydrogen-bond donors (Lipinski definition) is 3. The van der Waals surface area contributed by atoms with Crippen molar-refractivity contribution >= 4 is 22.3 Å². The van der Waals surface area contributed by atoms with Crippen LogP contribution in [0.4, 0.5) is 10.1 Å². The molecule has 0 fully saturated rings. The summed E-state index contributed by atoms with van der Waals surface area (Å²) in [6.45, 7) is 5.80. The number of nitrogens with two attached hydrogens (primary N) is 1. The van der Waals surface area contributed by atoms with Crippen LogP contribution in [0.3, 0.4) is 0 Å². The number of H-pyrrole nitrogens is 2. The summed E-state index contributed by atoms with van der Waals surface area (Å²) in [7, 11) is 0. The number of halogens is 1. The van der Waals surface area contributed by atoms with Crippen molar-refractivity contribution < 1.29 is 4.39 Å². The van der Waals surface area contributed by atoms with Crippen molar-refractivity contribution in [3.63, 3.8) is 0 Å². The molecule has 0 spiro atoms. The van der Waals surface area contributed by atoms with Gasteiger partial charge in [0.25, 0.3) is 0 Å². The lowest BCUT2D eigenvalue weighted by Gasteiger charge is -2.07. The number of aromatic nitrogens is 5. The van der Waals surface area contributed by atoms with Gasteiger partial charge >= 0.3 is 0 Å². The number of nitrogens with zero attached hydrogens (tertiary/aromatic N) is 3. The van der Waals surface area contributed by atoms with Crippen LogP contribution in [0.2, 0.25) is 0 Å². The third-order valence-electron chi connectivity index (χ3n) is 5.44. The second-order valence-electron chi connectivity index (χ2n) is 7.72. The van der Waals surface area contributed by atoms with Gasteiger partial charge in [0.15, 0.2) is 0 Å². The van der Waals surface area contributed by atoms with Crippen molar-refractivity contribution in [2.75, 3.05) is 5.73 Å². The van der Waals surface area contributed by atoms with Gasteiger partial charge < -0.3 is 10.7 Å². The van der Waals surface area contributed by atoms with E-state index in [1.807, 2.05) is 43.3 Å². The van der Waals surface area contributed by atoms with E-state index in [-0.39, 0.29) is 5.82 Å². The van der Waals surface area contributed by atoms with Crippen molar-refractivity contribution in [3.8, 4) is 22.6 Å². The Morgan fingerprint density at radius 3 is 2.79 bits per heavy atom. The summed E-state index contributed by atoms with van der Waals surface area (Å²) in [5.41, 5.74) is 14.6. The second kappa shape index (κ2) is 8.20. The minimum atomic E-state index is -0.290. The van der Waals surface area contributed by atoms with Gasteiger partial charge in [-0.3, -0.25) is 10.1 Å². The molecule has 1 aromatic carbocycles. The molecule has 5 rings (SSSR count). The Morgan fingerprint density at radius 1 is 1.12 bits per heavy atom. The quantitative estimate of drug-likeness (QED) is 0.310. The third-order valence-corrected chi connectivity index (χ3v) is 5.44. The molecule has 162 valence electrons. The smallest absolute Gasteiger partial charge is 0.135 e. The Kier molecular flexibility index (Phi) is 5.06. The normalized spacial score (nSPS) is 11.8. The summed E-state index contributed by atoms with van der Waals surface area (Å²) >= 11 is 0. The van der Waals surface area contributed by atoms with E-state index in [1.54, 1.807) is 24.5 Å². The largest absolute Gasteiger partial charge is 0.397 e. The highest BCUT2D eigenvalue weighted by molar-refractivity contribution is 5.92. The van der Waals surface area contributed by atoms with Crippen LogP contribution < -0.4 is 5.73 Å². The maximum Gasteiger partial charge on any atom is 0.135 e. The number of fused-ring (bicyclic) bond motifs is 1. The van der Waals surface area contributed by atoms with Gasteiger partial charge in [-0.05, 0) is 54.5 Å². The number of hydrogen-bond acceptors (Lipinski definition) is 4. The first-order chi connectivity index (χ1) is 16.0. The molecular formula is C26H21FN6. The highest BCUT2D eigenvalue weighted by atomic mass is 19.1. The molecule has 0 bridgehead atoms. The Balaban J connectivity index is 1.61. The summed E-state index contributed by atoms with van der Waals surface area (Å²) in [6, 6.07) is 14.2. The zero-order valence-corrected chi connectivity index (χ0v) is 17.9. The fourth-order valence-corrected chi connectivity index (χ4v) is 3.93. The Morgan fingerprint density at radius 2 is 2.00 bits per heavy atom. The monoisotopic (exact) mass is 436 g/mol. The van der Waals surface area contributed by atoms with E-state index in [4.69, 9.17) is 10.7 Å². The molecule has 0 amide bonds. The highest BCUT2D eigenvalue weighted by Crippen LogP contribution is 2.33. The first-order valence-electron chi connectivity index (χ1n) is 10.4. The van der Waals surface area contributed by atoms with Gasteiger partial charge in [0, 0.05) is 29.2 Å². The van der Waals surface area contributed by atoms with Gasteiger partial charge in [0.2, 0.25) is 0 Å². The molecule has 5 aromatic rings. The van der Waals surface area contributed by atoms with Crippen LogP contribution in [0, 0.1) is 12.7 Å². The molecule has 4 N–H and O–H groups in total. The van der Waals surface area contributed by atoms with Crippen LogP contribution in [0.25, 0.3) is 39.3 Å². The number of aromatic amines is 2. The number of nitrogens with one attached hydrogen (secondary N) is 2. The molecule has 0 atom stereocenters. The molecule has 6 nitrogen and oxygen atoms in total. The van der Waals surface area contributed by atoms with E-state index in [0.29, 0.717) is 11.4 Å². The fraction of sp³-hybridized carbons (Fsp3) is 0.0385. The third kappa shape index (κ3) is 3.80. The Bertz CT molecular complexity index is 1530. The summed E-state index contributed by atoms with van der Waals surface area (Å²) in [6.07, 6.45) is 6.90. The highest BCUT2D eigenvalue weighted by Gasteiger charge is 2.17. The van der Waals surface area contributed by atoms with Crippen molar-refractivity contribution in [2.24, 2.45) is 0 Å². The lowest BCUT2D eigenvalue weighted by atomic mass is 9.97. The SMILES string of the molecule is C=C/C=C(/c1cccc(F)c1)c1cc(-c2n[nH]c3ccc(-c4cncc(N)c4)nc23)[nH]c1C. The second-order valence-corrected chi connectivity index (χ2v) is 7.72. The average Bonchev–Trinajstić information content (AvgIpc) is 3.40. The van der Waals surface area contributed by atoms with Crippen LogP contribution in [-0.4, -0.2) is 25.1 Å². The van der Waals surface area contributed by atoms with Crippen molar-refractivity contribution in [1.82, 2.24) is 25.1 Å². The average molecular weight is 436 g/mol. The first-order valence-corrected chi connectivity index (χ1v) is 10.4. The van der Waals surface area contributed by atoms with Crippen LogP contribution in [0.1, 0.15) is 16.8 Å². The fourth-order valence-electron chi connectivity index (χ4n) is 3.93. The Labute approximate surface area is 189 Å². The summed E-state index contributed by atoms with van der Waals surface area (Å²) in [5, 5.41) is 7.55. The lowest BCUT2D eigenvalue weighted by molar-refractivity contribution is 0.627. The van der Waals surface area contributed by atoms with Gasteiger partial charge in [0.05, 0.1) is 22.6 Å². The molecule has 0 saturated heterocycles. The van der Waals surface area contributed by atoms with E-state index in [2.05, 4.69) is 26.7 Å². The van der Waals surface area contributed by atoms with Gasteiger partial charge in [-0.25, -0.2) is 9.37 Å². The lowest BCUT2D eigenvalue weighted by Crippen LogP contribution is -1.90. The maximum absolute atomic E-state index is 13.9. The maximum atomic E-state index is 13.9. The molecule has 0 radical (unpaired) electrons. The topological polar surface area (TPSA) is 96.3 Å². The molecule has 4 heterocycles. The summed E-state index contributed by atoms with van der Waals surface area (Å²) in [4.78, 5) is 12.4. The minimum absolute atomic E-state index is 0.290. The van der Waals surface area contributed by atoms with Crippen LogP contribution >= 0.6 is 0 Å².